The van der Waals surface area contributed by atoms with Crippen LogP contribution < -0.4 is 38.1 Å². The van der Waals surface area contributed by atoms with Gasteiger partial charge in [-0.05, 0) is 231 Å². The number of carbonyl (C=O) groups is 14. The van der Waals surface area contributed by atoms with Crippen molar-refractivity contribution in [2.45, 2.75) is 448 Å². The number of aliphatic hydroxyl groups excluding tert-OH is 3. The van der Waals surface area contributed by atoms with Crippen LogP contribution in [0.4, 0.5) is 4.79 Å². The SMILES string of the molecule is CC(C)(C)CC(=O)N[C@H](C(=O)N1CC2(C[C@H]1C(=O)CC(CC1CCC1)C(=O)C(N)=O)CC2(C)C)C(C)(C)C.CC(C)(C)OC(=O)C[C@H](C(=O)O)C(C)(C)C.CC(C)(C)OC(=O)N[C@H](C(=O)N1CC2(CC1C(=O)CC(CC1CCC1)C(O)C(N)=O)CC2(C)C)C(C)(C)C.CC1(C)CC12CNC(CO)C2.CN[C@H](C(=O)N1CC2(CC1C(=O)O)CC2(C)C)C(C)(C)C.CN[C@H](C(=O)N1CC2(CC1CO)CC2(C)C)C(C)(C)C. The zero-order valence-electron chi connectivity index (χ0n) is 95.4. The number of likely N-dealkylation sites (tertiary alicyclic amines) is 4. The summed E-state index contributed by atoms with van der Waals surface area (Å²) in [6.07, 6.45) is 14.4. The van der Waals surface area contributed by atoms with E-state index in [0.717, 1.165) is 77.3 Å². The van der Waals surface area contributed by atoms with Crippen molar-refractivity contribution in [2.75, 3.05) is 60.0 Å². The maximum absolute atomic E-state index is 14.1. The van der Waals surface area contributed by atoms with E-state index >= 15 is 0 Å². The number of nitrogens with zero attached hydrogens (tertiary/aromatic N) is 4. The van der Waals surface area contributed by atoms with Crippen LogP contribution in [0.15, 0.2) is 0 Å². The van der Waals surface area contributed by atoms with Crippen molar-refractivity contribution in [1.82, 2.24) is 46.2 Å². The molecule has 5 spiro atoms. The summed E-state index contributed by atoms with van der Waals surface area (Å²) < 4.78 is 10.5. The number of carbonyl (C=O) groups excluding carboxylic acids is 12. The number of rotatable bonds is 29. The molecule has 12 rings (SSSR count). The van der Waals surface area contributed by atoms with Gasteiger partial charge in [-0.3, -0.25) is 57.5 Å². The van der Waals surface area contributed by atoms with Gasteiger partial charge in [-0.15, -0.1) is 0 Å². The molecule has 32 heteroatoms. The first-order valence-electron chi connectivity index (χ1n) is 53.4. The minimum absolute atomic E-state index is 0.00163. The number of carboxylic acid groups (broad SMARTS) is 2. The number of amides is 8. The Labute approximate surface area is 862 Å². The summed E-state index contributed by atoms with van der Waals surface area (Å²) in [5.74, 6) is -7.20. The van der Waals surface area contributed by atoms with Gasteiger partial charge in [0.15, 0.2) is 11.6 Å². The quantitative estimate of drug-likeness (QED) is 0.0244. The average Bonchev–Trinajstić information content (AvgIpc) is 1.54. The molecule has 5 aliphatic heterocycles. The van der Waals surface area contributed by atoms with Gasteiger partial charge in [-0.25, -0.2) is 9.59 Å². The third kappa shape index (κ3) is 30.4. The van der Waals surface area contributed by atoms with Gasteiger partial charge < -0.3 is 92.7 Å². The van der Waals surface area contributed by atoms with Crippen LogP contribution in [0.1, 0.15) is 377 Å². The topological polar surface area (TPSA) is 484 Å². The van der Waals surface area contributed by atoms with Crippen LogP contribution in [0.5, 0.6) is 0 Å². The van der Waals surface area contributed by atoms with Crippen molar-refractivity contribution in [1.29, 1.82) is 0 Å². The molecule has 12 fully saturated rings. The Hall–Kier alpha value is -7.26. The highest BCUT2D eigenvalue weighted by Gasteiger charge is 2.72. The van der Waals surface area contributed by atoms with E-state index in [2.05, 4.69) is 117 Å². The smallest absolute Gasteiger partial charge is 0.408 e. The van der Waals surface area contributed by atoms with Crippen LogP contribution in [0.2, 0.25) is 0 Å². The van der Waals surface area contributed by atoms with E-state index in [0.29, 0.717) is 92.5 Å². The zero-order valence-corrected chi connectivity index (χ0v) is 95.4. The monoisotopic (exact) mass is 2030 g/mol. The molecule has 12 unspecified atom stereocenters. The highest BCUT2D eigenvalue weighted by atomic mass is 16.6. The lowest BCUT2D eigenvalue weighted by atomic mass is 9.75. The van der Waals surface area contributed by atoms with Crippen LogP contribution in [0.25, 0.3) is 0 Å². The predicted molar refractivity (Wildman–Crippen MR) is 556 cm³/mol. The summed E-state index contributed by atoms with van der Waals surface area (Å²) in [6, 6.07) is -3.94. The second-order valence-corrected chi connectivity index (χ2v) is 57.8. The van der Waals surface area contributed by atoms with Crippen LogP contribution >= 0.6 is 0 Å². The van der Waals surface area contributed by atoms with Gasteiger partial charge in [-0.1, -0.05) is 232 Å². The minimum atomic E-state index is -1.40. The van der Waals surface area contributed by atoms with E-state index in [1.54, 1.807) is 84.1 Å². The standard InChI is InChI=1S/C30H49N3O5.C29H49N3O6.C16H28N2O3.C16H30N2O2.C12H22O4.C9H17NO/c1-27(2,3)15-22(35)32-24(28(4,5)6)26(38)33-17-30(16-29(30,7)8)14-20(33)21(34)13-19(23(36)25(31)37)12-18-10-9-11-18;1-26(2,3)22(31-25(37)38-27(4,5)6)24(36)32-16-29(15-28(29,7)8)14-19(32)20(33)13-18(21(34)23(30)35)12-17-10-9-11-17;1-14(2,3)11(17-6)12(19)18-9-16(8-15(16,4)5)7-10(18)13(20)21;1-14(2,3)12(17-6)13(20)18-10-16(7-11(18)8-19)9-15(16,4)5;1-11(2,3)8(10(14)15)7-9(13)16-12(4,5)6;1-8(2)5-9(8)3-7(4-11)10-6-9/h18-20,24H,9-17H2,1-8H3,(H2,31,37)(H,32,35);17-19,21-22,34H,9-16H2,1-8H3,(H2,30,35)(H,31,37);10-11,17H,7-9H2,1-6H3,(H,20,21);11-12,17,19H,7-10H2,1-6H3;8H,7H2,1-6H3,(H,14,15);7,10-11H,3-6H2,1-2H3/t19?,20-,24+,30?;18?,19?,21?,22-,29?;10?,11-,16?;11?,12-,16?;8-;/m01111./s1. The van der Waals surface area contributed by atoms with E-state index < -0.39 is 123 Å². The van der Waals surface area contributed by atoms with Crippen molar-refractivity contribution in [3.8, 4) is 0 Å². The molecule has 144 heavy (non-hydrogen) atoms. The van der Waals surface area contributed by atoms with Gasteiger partial charge in [-0.2, -0.15) is 0 Å². The van der Waals surface area contributed by atoms with E-state index in [4.69, 9.17) is 31.2 Å². The van der Waals surface area contributed by atoms with Crippen LogP contribution in [-0.4, -0.2) is 260 Å². The fourth-order valence-electron chi connectivity index (χ4n) is 24.5. The summed E-state index contributed by atoms with van der Waals surface area (Å²) in [4.78, 5) is 184. The molecule has 8 amide bonds. The molecule has 0 aromatic heterocycles. The largest absolute Gasteiger partial charge is 0.481 e. The number of nitrogens with two attached hydrogens (primary N) is 2. The Morgan fingerprint density at radius 3 is 1.09 bits per heavy atom. The number of Topliss-reactive ketones (excluding diaryl/α,β-unsaturated/α-hetero) is 3. The van der Waals surface area contributed by atoms with Gasteiger partial charge in [0.2, 0.25) is 41.2 Å². The molecular weight excluding hydrogens is 1840 g/mol. The highest BCUT2D eigenvalue weighted by Crippen LogP contribution is 2.73. The molecule has 824 valence electrons. The Kier molecular flexibility index (Phi) is 38.1. The van der Waals surface area contributed by atoms with Crippen molar-refractivity contribution >= 4 is 82.7 Å². The molecule has 14 N–H and O–H groups in total. The molecule has 12 aliphatic rings. The van der Waals surface area contributed by atoms with E-state index in [9.17, 15) is 82.4 Å². The van der Waals surface area contributed by atoms with Gasteiger partial charge in [0.1, 0.15) is 35.4 Å². The van der Waals surface area contributed by atoms with E-state index in [1.807, 2.05) is 95.0 Å². The Bertz CT molecular complexity index is 4630. The molecule has 5 saturated heterocycles. The fraction of sp³-hybridized carbons (Fsp3) is 0.875. The molecular formula is C112H195N11O21. The summed E-state index contributed by atoms with van der Waals surface area (Å²) in [6.45, 7) is 71.4. The first-order chi connectivity index (χ1) is 65.1. The first-order valence-corrected chi connectivity index (χ1v) is 53.4. The highest BCUT2D eigenvalue weighted by molar-refractivity contribution is 6.36. The molecule has 0 radical (unpaired) electrons. The maximum atomic E-state index is 14.1. The lowest BCUT2D eigenvalue weighted by molar-refractivity contribution is -0.162. The normalized spacial score (nSPS) is 28.7. The van der Waals surface area contributed by atoms with Crippen molar-refractivity contribution < 1.29 is 102 Å². The van der Waals surface area contributed by atoms with Gasteiger partial charge >= 0.3 is 24.0 Å². The van der Waals surface area contributed by atoms with Crippen LogP contribution in [0, 0.1) is 116 Å². The van der Waals surface area contributed by atoms with E-state index in [-0.39, 0.29) is 146 Å². The number of alkyl carbamates (subject to hydrolysis) is 1. The number of likely N-dealkylation sites (N-methyl/N-ethyl adjacent to an activating group) is 2. The Morgan fingerprint density at radius 2 is 0.785 bits per heavy atom. The summed E-state index contributed by atoms with van der Waals surface area (Å²) in [5, 5.41) is 63.0. The summed E-state index contributed by atoms with van der Waals surface area (Å²) in [5.41, 5.74) is 8.67. The van der Waals surface area contributed by atoms with E-state index in [1.165, 1.54) is 19.3 Å². The number of esters is 1. The van der Waals surface area contributed by atoms with Gasteiger partial charge in [0.05, 0.1) is 55.8 Å². The van der Waals surface area contributed by atoms with Crippen LogP contribution in [0.3, 0.4) is 0 Å². The second kappa shape index (κ2) is 44.3. The summed E-state index contributed by atoms with van der Waals surface area (Å²) in [7, 11) is 3.60. The van der Waals surface area contributed by atoms with Crippen molar-refractivity contribution in [3.63, 3.8) is 0 Å². The number of carboxylic acids is 2. The van der Waals surface area contributed by atoms with Crippen LogP contribution in [-0.2, 0) is 71.8 Å². The van der Waals surface area contributed by atoms with Gasteiger partial charge in [0, 0.05) is 69.9 Å². The zero-order chi connectivity index (χ0) is 111. The van der Waals surface area contributed by atoms with Crippen molar-refractivity contribution in [2.24, 2.45) is 128 Å². The first kappa shape index (κ1) is 124. The van der Waals surface area contributed by atoms with Crippen molar-refractivity contribution in [3.05, 3.63) is 0 Å². The number of ketones is 3. The molecule has 7 aliphatic carbocycles. The minimum Gasteiger partial charge on any atom is -0.481 e. The molecule has 32 nitrogen and oxygen atoms in total. The second-order valence-electron chi connectivity index (χ2n) is 57.8. The average molecular weight is 2030 g/mol. The molecule has 5 heterocycles. The third-order valence-electron chi connectivity index (χ3n) is 35.0. The third-order valence-corrected chi connectivity index (χ3v) is 35.0. The Balaban J connectivity index is 0.000000246. The lowest BCUT2D eigenvalue weighted by Crippen LogP contribution is -2.57. The fourth-order valence-corrected chi connectivity index (χ4v) is 24.5. The van der Waals surface area contributed by atoms with Gasteiger partial charge in [0.25, 0.3) is 5.91 Å². The number of primary amides is 2. The molecule has 18 atom stereocenters. The molecule has 0 bridgehead atoms. The molecule has 0 aromatic rings. The number of ether oxygens (including phenoxy) is 2. The number of nitrogens with one attached hydrogen (secondary N) is 5. The number of aliphatic hydroxyl groups is 3. The number of hydrogen-bond donors (Lipinski definition) is 12. The molecule has 7 saturated carbocycles. The number of hydrogen-bond acceptors (Lipinski definition) is 22. The lowest BCUT2D eigenvalue weighted by Gasteiger charge is -2.36. The number of aliphatic carboxylic acids is 2. The molecule has 0 aromatic carbocycles. The maximum Gasteiger partial charge on any atom is 0.408 e. The Morgan fingerprint density at radius 1 is 0.431 bits per heavy atom. The summed E-state index contributed by atoms with van der Waals surface area (Å²) >= 11 is 0. The predicted octanol–water partition coefficient (Wildman–Crippen LogP) is 13.9.